The number of hydrogen-bond donors (Lipinski definition) is 0. The van der Waals surface area contributed by atoms with E-state index in [-0.39, 0.29) is 18.9 Å². The second-order valence-electron chi connectivity index (χ2n) is 5.69. The van der Waals surface area contributed by atoms with Gasteiger partial charge in [-0.3, -0.25) is 4.79 Å². The molecule has 1 aromatic carbocycles. The summed E-state index contributed by atoms with van der Waals surface area (Å²) < 4.78 is 43.1. The van der Waals surface area contributed by atoms with Gasteiger partial charge in [-0.2, -0.15) is 13.2 Å². The van der Waals surface area contributed by atoms with Crippen LogP contribution in [0.1, 0.15) is 28.5 Å². The van der Waals surface area contributed by atoms with Crippen LogP contribution < -0.4 is 0 Å². The van der Waals surface area contributed by atoms with Crippen molar-refractivity contribution in [3.63, 3.8) is 0 Å². The first-order valence-corrected chi connectivity index (χ1v) is 8.25. The first kappa shape index (κ1) is 19.5. The van der Waals surface area contributed by atoms with Gasteiger partial charge in [-0.05, 0) is 29.8 Å². The van der Waals surface area contributed by atoms with Crippen molar-refractivity contribution in [1.29, 1.82) is 0 Å². The molecule has 0 aliphatic carbocycles. The second kappa shape index (κ2) is 8.21. The molecule has 3 rings (SSSR count). The molecular formula is C17H15F3N6O2. The third-order valence-corrected chi connectivity index (χ3v) is 3.75. The summed E-state index contributed by atoms with van der Waals surface area (Å²) in [4.78, 5) is 20.8. The summed E-state index contributed by atoms with van der Waals surface area (Å²) in [6, 6.07) is 4.78. The van der Waals surface area contributed by atoms with Gasteiger partial charge in [0.1, 0.15) is 12.9 Å². The molecule has 146 valence electrons. The first-order chi connectivity index (χ1) is 13.4. The van der Waals surface area contributed by atoms with Gasteiger partial charge < -0.3 is 4.74 Å². The molecule has 0 spiro atoms. The summed E-state index contributed by atoms with van der Waals surface area (Å²) in [5, 5.41) is 11.6. The maximum Gasteiger partial charge on any atom is 0.416 e. The number of benzene rings is 1. The summed E-state index contributed by atoms with van der Waals surface area (Å²) in [7, 11) is 0. The molecule has 0 amide bonds. The number of aromatic nitrogens is 6. The van der Waals surface area contributed by atoms with E-state index in [2.05, 4.69) is 25.4 Å². The van der Waals surface area contributed by atoms with Gasteiger partial charge in [-0.15, -0.1) is 10.2 Å². The molecule has 2 aromatic heterocycles. The van der Waals surface area contributed by atoms with Gasteiger partial charge in [0.05, 0.1) is 16.8 Å². The average molecular weight is 392 g/mol. The Balaban J connectivity index is 1.82. The minimum atomic E-state index is -4.39. The van der Waals surface area contributed by atoms with Crippen molar-refractivity contribution in [3.05, 3.63) is 53.6 Å². The SMILES string of the molecule is CCOCC(=O)n1nnc(-c2cncnc2Cc2ccc(C(F)(F)F)cc2)n1. The van der Waals surface area contributed by atoms with Crippen LogP contribution in [0.3, 0.4) is 0 Å². The summed E-state index contributed by atoms with van der Waals surface area (Å²) in [5.74, 6) is -0.353. The highest BCUT2D eigenvalue weighted by Crippen LogP contribution is 2.29. The Morgan fingerprint density at radius 2 is 1.96 bits per heavy atom. The van der Waals surface area contributed by atoms with Crippen molar-refractivity contribution in [3.8, 4) is 11.4 Å². The third-order valence-electron chi connectivity index (χ3n) is 3.75. The number of rotatable bonds is 6. The zero-order valence-electron chi connectivity index (χ0n) is 14.7. The smallest absolute Gasteiger partial charge is 0.372 e. The molecule has 0 saturated heterocycles. The normalized spacial score (nSPS) is 11.6. The molecule has 0 fully saturated rings. The van der Waals surface area contributed by atoms with Crippen LogP contribution in [0.4, 0.5) is 13.2 Å². The van der Waals surface area contributed by atoms with Crippen LogP contribution in [-0.2, 0) is 17.3 Å². The lowest BCUT2D eigenvalue weighted by Gasteiger charge is -2.08. The molecule has 0 aliphatic heterocycles. The number of carbonyl (C=O) groups excluding carboxylic acids is 1. The minimum Gasteiger partial charge on any atom is -0.372 e. The van der Waals surface area contributed by atoms with Gasteiger partial charge in [0, 0.05) is 19.2 Å². The van der Waals surface area contributed by atoms with Crippen LogP contribution in [0.25, 0.3) is 11.4 Å². The molecule has 0 saturated carbocycles. The topological polar surface area (TPSA) is 95.7 Å². The van der Waals surface area contributed by atoms with Gasteiger partial charge in [0.15, 0.2) is 0 Å². The van der Waals surface area contributed by atoms with Gasteiger partial charge in [-0.1, -0.05) is 16.9 Å². The highest BCUT2D eigenvalue weighted by atomic mass is 19.4. The fraction of sp³-hybridized carbons (Fsp3) is 0.294. The largest absolute Gasteiger partial charge is 0.416 e. The van der Waals surface area contributed by atoms with Crippen LogP contribution >= 0.6 is 0 Å². The van der Waals surface area contributed by atoms with Gasteiger partial charge in [0.2, 0.25) is 5.82 Å². The standard InChI is InChI=1S/C17H15F3N6O2/c1-2-28-9-15(27)26-24-16(23-25-26)13-8-21-10-22-14(13)7-11-3-5-12(6-4-11)17(18,19)20/h3-6,8,10H,2,7,9H2,1H3. The van der Waals surface area contributed by atoms with Gasteiger partial charge in [0.25, 0.3) is 5.91 Å². The molecule has 2 heterocycles. The van der Waals surface area contributed by atoms with E-state index in [1.165, 1.54) is 24.7 Å². The zero-order chi connectivity index (χ0) is 20.1. The van der Waals surface area contributed by atoms with Crippen molar-refractivity contribution in [2.24, 2.45) is 0 Å². The van der Waals surface area contributed by atoms with Gasteiger partial charge >= 0.3 is 6.18 Å². The maximum absolute atomic E-state index is 12.7. The van der Waals surface area contributed by atoms with E-state index in [1.54, 1.807) is 6.92 Å². The van der Waals surface area contributed by atoms with Crippen molar-refractivity contribution in [2.75, 3.05) is 13.2 Å². The van der Waals surface area contributed by atoms with Crippen molar-refractivity contribution < 1.29 is 22.7 Å². The van der Waals surface area contributed by atoms with E-state index in [0.29, 0.717) is 23.4 Å². The molecular weight excluding hydrogens is 377 g/mol. The number of hydrogen-bond acceptors (Lipinski definition) is 7. The molecule has 0 aliphatic rings. The number of carbonyl (C=O) groups is 1. The average Bonchev–Trinajstić information content (AvgIpc) is 3.16. The molecule has 0 atom stereocenters. The van der Waals surface area contributed by atoms with Crippen molar-refractivity contribution >= 4 is 5.91 Å². The quantitative estimate of drug-likeness (QED) is 0.636. The Labute approximate surface area is 157 Å². The lowest BCUT2D eigenvalue weighted by atomic mass is 10.0. The maximum atomic E-state index is 12.7. The van der Waals surface area contributed by atoms with Crippen LogP contribution in [-0.4, -0.2) is 49.3 Å². The van der Waals surface area contributed by atoms with Crippen LogP contribution in [0.5, 0.6) is 0 Å². The molecule has 0 bridgehead atoms. The van der Waals surface area contributed by atoms with Crippen LogP contribution in [0.15, 0.2) is 36.8 Å². The third kappa shape index (κ3) is 4.55. The summed E-state index contributed by atoms with van der Waals surface area (Å²) in [5.41, 5.74) is 0.814. The first-order valence-electron chi connectivity index (χ1n) is 8.25. The molecule has 28 heavy (non-hydrogen) atoms. The Morgan fingerprint density at radius 1 is 1.21 bits per heavy atom. The highest BCUT2D eigenvalue weighted by molar-refractivity contribution is 5.78. The minimum absolute atomic E-state index is 0.132. The molecule has 11 heteroatoms. The molecule has 0 unspecified atom stereocenters. The summed E-state index contributed by atoms with van der Waals surface area (Å²) in [6.07, 6.45) is -1.39. The van der Waals surface area contributed by atoms with E-state index < -0.39 is 17.6 Å². The lowest BCUT2D eigenvalue weighted by Crippen LogP contribution is -2.20. The molecule has 8 nitrogen and oxygen atoms in total. The highest BCUT2D eigenvalue weighted by Gasteiger charge is 2.30. The van der Waals surface area contributed by atoms with E-state index in [0.717, 1.165) is 16.9 Å². The number of alkyl halides is 3. The van der Waals surface area contributed by atoms with Crippen LogP contribution in [0, 0.1) is 0 Å². The second-order valence-corrected chi connectivity index (χ2v) is 5.69. The Hall–Kier alpha value is -3.21. The molecule has 0 N–H and O–H groups in total. The predicted molar refractivity (Wildman–Crippen MR) is 90.2 cm³/mol. The van der Waals surface area contributed by atoms with Crippen molar-refractivity contribution in [2.45, 2.75) is 19.5 Å². The zero-order valence-corrected chi connectivity index (χ0v) is 14.7. The summed E-state index contributed by atoms with van der Waals surface area (Å²) >= 11 is 0. The Bertz CT molecular complexity index is 956. The molecule has 0 radical (unpaired) electrons. The van der Waals surface area contributed by atoms with Crippen LogP contribution in [0.2, 0.25) is 0 Å². The Morgan fingerprint density at radius 3 is 2.64 bits per heavy atom. The van der Waals surface area contributed by atoms with E-state index >= 15 is 0 Å². The predicted octanol–water partition coefficient (Wildman–Crippen LogP) is 2.42. The Kier molecular flexibility index (Phi) is 5.73. The lowest BCUT2D eigenvalue weighted by molar-refractivity contribution is -0.137. The number of nitrogens with zero attached hydrogens (tertiary/aromatic N) is 6. The van der Waals surface area contributed by atoms with Crippen molar-refractivity contribution in [1.82, 2.24) is 30.2 Å². The van der Waals surface area contributed by atoms with E-state index in [4.69, 9.17) is 4.74 Å². The number of halogens is 3. The van der Waals surface area contributed by atoms with E-state index in [9.17, 15) is 18.0 Å². The van der Waals surface area contributed by atoms with E-state index in [1.807, 2.05) is 0 Å². The number of ether oxygens (including phenoxy) is 1. The summed E-state index contributed by atoms with van der Waals surface area (Å²) in [6.45, 7) is 1.94. The fourth-order valence-electron chi connectivity index (χ4n) is 2.36. The fourth-order valence-corrected chi connectivity index (χ4v) is 2.36. The monoisotopic (exact) mass is 392 g/mol. The van der Waals surface area contributed by atoms with Gasteiger partial charge in [-0.25, -0.2) is 9.97 Å². The number of tetrazole rings is 1. The molecule has 3 aromatic rings.